The summed E-state index contributed by atoms with van der Waals surface area (Å²) in [5.41, 5.74) is 1.22. The molecule has 1 fully saturated rings. The zero-order valence-electron chi connectivity index (χ0n) is 11.8. The van der Waals surface area contributed by atoms with Gasteiger partial charge in [0, 0.05) is 19.2 Å². The largest absolute Gasteiger partial charge is 0.460 e. The molecule has 104 valence electrons. The third-order valence-corrected chi connectivity index (χ3v) is 3.81. The maximum Gasteiger partial charge on any atom is 0.302 e. The molecule has 0 saturated heterocycles. The molecule has 1 aliphatic rings. The van der Waals surface area contributed by atoms with Gasteiger partial charge in [0.25, 0.3) is 0 Å². The lowest BCUT2D eigenvalue weighted by Crippen LogP contribution is -2.47. The summed E-state index contributed by atoms with van der Waals surface area (Å²) in [6, 6.07) is 10.7. The molecule has 1 saturated carbocycles. The first kappa shape index (κ1) is 13.9. The second-order valence-corrected chi connectivity index (χ2v) is 5.12. The number of esters is 1. The molecular weight excluding hydrogens is 238 g/mol. The molecule has 3 nitrogen and oxygen atoms in total. The Hall–Kier alpha value is -1.51. The van der Waals surface area contributed by atoms with Crippen LogP contribution in [-0.4, -0.2) is 24.7 Å². The fourth-order valence-electron chi connectivity index (χ4n) is 3.01. The SMILES string of the molecule is CCN(c1ccccc1)[C@@H]1CCCC[C@H]1OC(C)=O. The highest BCUT2D eigenvalue weighted by Crippen LogP contribution is 2.29. The number of hydrogen-bond donors (Lipinski definition) is 0. The van der Waals surface area contributed by atoms with Crippen LogP contribution in [0, 0.1) is 0 Å². The average molecular weight is 261 g/mol. The summed E-state index contributed by atoms with van der Waals surface area (Å²) < 4.78 is 5.53. The summed E-state index contributed by atoms with van der Waals surface area (Å²) in [4.78, 5) is 13.6. The van der Waals surface area contributed by atoms with Crippen molar-refractivity contribution in [1.29, 1.82) is 0 Å². The normalized spacial score (nSPS) is 22.8. The van der Waals surface area contributed by atoms with Gasteiger partial charge in [-0.05, 0) is 38.3 Å². The molecule has 1 aliphatic carbocycles. The van der Waals surface area contributed by atoms with Crippen LogP contribution in [-0.2, 0) is 9.53 Å². The van der Waals surface area contributed by atoms with Crippen LogP contribution in [0.25, 0.3) is 0 Å². The molecule has 2 rings (SSSR count). The Bertz CT molecular complexity index is 404. The van der Waals surface area contributed by atoms with Gasteiger partial charge in [0.2, 0.25) is 0 Å². The number of rotatable bonds is 4. The second kappa shape index (κ2) is 6.60. The summed E-state index contributed by atoms with van der Waals surface area (Å²) in [7, 11) is 0. The number of ether oxygens (including phenoxy) is 1. The molecule has 0 radical (unpaired) electrons. The van der Waals surface area contributed by atoms with E-state index in [0.29, 0.717) is 6.04 Å². The molecule has 0 bridgehead atoms. The summed E-state index contributed by atoms with van der Waals surface area (Å²) in [6.45, 7) is 4.60. The Labute approximate surface area is 115 Å². The number of likely N-dealkylation sites (N-methyl/N-ethyl adjacent to an activating group) is 1. The lowest BCUT2D eigenvalue weighted by atomic mass is 9.90. The summed E-state index contributed by atoms with van der Waals surface area (Å²) >= 11 is 0. The van der Waals surface area contributed by atoms with E-state index in [4.69, 9.17) is 4.74 Å². The Kier molecular flexibility index (Phi) is 4.83. The summed E-state index contributed by atoms with van der Waals surface area (Å²) in [6.07, 6.45) is 4.48. The van der Waals surface area contributed by atoms with Gasteiger partial charge in [-0.1, -0.05) is 24.6 Å². The highest BCUT2D eigenvalue weighted by Gasteiger charge is 2.31. The van der Waals surface area contributed by atoms with Crippen molar-refractivity contribution in [3.8, 4) is 0 Å². The van der Waals surface area contributed by atoms with Crippen LogP contribution in [0.5, 0.6) is 0 Å². The van der Waals surface area contributed by atoms with Gasteiger partial charge < -0.3 is 9.64 Å². The van der Waals surface area contributed by atoms with E-state index in [1.807, 2.05) is 6.07 Å². The Morgan fingerprint density at radius 1 is 1.26 bits per heavy atom. The van der Waals surface area contributed by atoms with Crippen molar-refractivity contribution in [2.75, 3.05) is 11.4 Å². The topological polar surface area (TPSA) is 29.5 Å². The Morgan fingerprint density at radius 3 is 2.58 bits per heavy atom. The molecule has 2 atom stereocenters. The van der Waals surface area contributed by atoms with Crippen molar-refractivity contribution in [1.82, 2.24) is 0 Å². The van der Waals surface area contributed by atoms with Gasteiger partial charge in [0.15, 0.2) is 0 Å². The van der Waals surface area contributed by atoms with Gasteiger partial charge in [-0.15, -0.1) is 0 Å². The minimum atomic E-state index is -0.166. The van der Waals surface area contributed by atoms with Gasteiger partial charge in [-0.3, -0.25) is 4.79 Å². The maximum absolute atomic E-state index is 11.3. The van der Waals surface area contributed by atoms with E-state index >= 15 is 0 Å². The number of anilines is 1. The maximum atomic E-state index is 11.3. The van der Waals surface area contributed by atoms with E-state index in [1.165, 1.54) is 19.0 Å². The number of hydrogen-bond acceptors (Lipinski definition) is 3. The third kappa shape index (κ3) is 3.49. The van der Waals surface area contributed by atoms with Crippen LogP contribution in [0.4, 0.5) is 5.69 Å². The van der Waals surface area contributed by atoms with Crippen molar-refractivity contribution in [3.63, 3.8) is 0 Å². The van der Waals surface area contributed by atoms with Crippen LogP contribution in [0.15, 0.2) is 30.3 Å². The Morgan fingerprint density at radius 2 is 1.95 bits per heavy atom. The van der Waals surface area contributed by atoms with Crippen LogP contribution in [0.3, 0.4) is 0 Å². The van der Waals surface area contributed by atoms with Gasteiger partial charge in [-0.25, -0.2) is 0 Å². The number of carbonyl (C=O) groups is 1. The number of nitrogens with zero attached hydrogens (tertiary/aromatic N) is 1. The molecular formula is C16H23NO2. The molecule has 0 spiro atoms. The first-order chi connectivity index (χ1) is 9.22. The smallest absolute Gasteiger partial charge is 0.302 e. The van der Waals surface area contributed by atoms with E-state index in [1.54, 1.807) is 0 Å². The van der Waals surface area contributed by atoms with Gasteiger partial charge in [0.05, 0.1) is 6.04 Å². The average Bonchev–Trinajstić information content (AvgIpc) is 2.42. The second-order valence-electron chi connectivity index (χ2n) is 5.12. The van der Waals surface area contributed by atoms with Crippen LogP contribution in [0.1, 0.15) is 39.5 Å². The molecule has 0 heterocycles. The molecule has 19 heavy (non-hydrogen) atoms. The van der Waals surface area contributed by atoms with E-state index in [9.17, 15) is 4.79 Å². The third-order valence-electron chi connectivity index (χ3n) is 3.81. The number of carbonyl (C=O) groups excluding carboxylic acids is 1. The highest BCUT2D eigenvalue weighted by molar-refractivity contribution is 5.66. The van der Waals surface area contributed by atoms with Gasteiger partial charge >= 0.3 is 5.97 Å². The first-order valence-electron chi connectivity index (χ1n) is 7.21. The summed E-state index contributed by atoms with van der Waals surface area (Å²) in [5.74, 6) is -0.166. The molecule has 0 unspecified atom stereocenters. The molecule has 0 aromatic heterocycles. The van der Waals surface area contributed by atoms with Crippen molar-refractivity contribution in [2.45, 2.75) is 51.7 Å². The van der Waals surface area contributed by atoms with E-state index in [2.05, 4.69) is 36.1 Å². The molecule has 0 amide bonds. The van der Waals surface area contributed by atoms with E-state index in [-0.39, 0.29) is 12.1 Å². The predicted molar refractivity (Wildman–Crippen MR) is 77.3 cm³/mol. The van der Waals surface area contributed by atoms with E-state index in [0.717, 1.165) is 25.8 Å². The monoisotopic (exact) mass is 261 g/mol. The predicted octanol–water partition coefficient (Wildman–Crippen LogP) is 3.39. The van der Waals surface area contributed by atoms with Crippen molar-refractivity contribution < 1.29 is 9.53 Å². The molecule has 0 N–H and O–H groups in total. The lowest BCUT2D eigenvalue weighted by Gasteiger charge is -2.40. The minimum Gasteiger partial charge on any atom is -0.460 e. The molecule has 0 aliphatic heterocycles. The quantitative estimate of drug-likeness (QED) is 0.778. The minimum absolute atomic E-state index is 0.0337. The van der Waals surface area contributed by atoms with Crippen molar-refractivity contribution in [3.05, 3.63) is 30.3 Å². The van der Waals surface area contributed by atoms with Crippen LogP contribution >= 0.6 is 0 Å². The van der Waals surface area contributed by atoms with E-state index < -0.39 is 0 Å². The van der Waals surface area contributed by atoms with Gasteiger partial charge in [-0.2, -0.15) is 0 Å². The number of benzene rings is 1. The number of para-hydroxylation sites is 1. The first-order valence-corrected chi connectivity index (χ1v) is 7.21. The Balaban J connectivity index is 2.17. The molecule has 1 aromatic carbocycles. The zero-order valence-corrected chi connectivity index (χ0v) is 11.8. The summed E-state index contributed by atoms with van der Waals surface area (Å²) in [5, 5.41) is 0. The van der Waals surface area contributed by atoms with Crippen molar-refractivity contribution >= 4 is 11.7 Å². The molecule has 3 heteroatoms. The highest BCUT2D eigenvalue weighted by atomic mass is 16.5. The van der Waals surface area contributed by atoms with Gasteiger partial charge in [0.1, 0.15) is 6.10 Å². The standard InChI is InChI=1S/C16H23NO2/c1-3-17(14-9-5-4-6-10-14)15-11-7-8-12-16(15)19-13(2)18/h4-6,9-10,15-16H,3,7-8,11-12H2,1-2H3/t15-,16-/m1/s1. The molecule has 1 aromatic rings. The fourth-order valence-corrected chi connectivity index (χ4v) is 3.01. The zero-order chi connectivity index (χ0) is 13.7. The van der Waals surface area contributed by atoms with Crippen molar-refractivity contribution in [2.24, 2.45) is 0 Å². The lowest BCUT2D eigenvalue weighted by molar-refractivity contribution is -0.148. The van der Waals surface area contributed by atoms with Crippen LogP contribution < -0.4 is 4.90 Å². The fraction of sp³-hybridized carbons (Fsp3) is 0.562. The van der Waals surface area contributed by atoms with Crippen LogP contribution in [0.2, 0.25) is 0 Å².